The largest absolute Gasteiger partial charge is 0.380 e. The lowest BCUT2D eigenvalue weighted by Crippen LogP contribution is -2.21. The number of benzene rings is 1. The monoisotopic (exact) mass is 350 g/mol. The quantitative estimate of drug-likeness (QED) is 0.800. The summed E-state index contributed by atoms with van der Waals surface area (Å²) < 4.78 is 1.53. The second-order valence-corrected chi connectivity index (χ2v) is 6.84. The van der Waals surface area contributed by atoms with Crippen molar-refractivity contribution in [3.05, 3.63) is 54.6 Å². The summed E-state index contributed by atoms with van der Waals surface area (Å²) in [5.74, 6) is 0. The average molecular weight is 352 g/mol. The van der Waals surface area contributed by atoms with E-state index in [1.807, 2.05) is 12.1 Å². The molecule has 0 aliphatic heterocycles. The van der Waals surface area contributed by atoms with E-state index < -0.39 is 5.60 Å². The van der Waals surface area contributed by atoms with Crippen molar-refractivity contribution in [2.75, 3.05) is 0 Å². The molecule has 5 heteroatoms. The van der Waals surface area contributed by atoms with Crippen LogP contribution in [0.2, 0.25) is 9.36 Å². The summed E-state index contributed by atoms with van der Waals surface area (Å²) in [6.45, 7) is 1.71. The summed E-state index contributed by atoms with van der Waals surface area (Å²) in [7, 11) is 0. The highest BCUT2D eigenvalue weighted by molar-refractivity contribution is 9.10. The molecule has 17 heavy (non-hydrogen) atoms. The van der Waals surface area contributed by atoms with Gasteiger partial charge in [0.25, 0.3) is 0 Å². The number of rotatable bonds is 2. The molecule has 0 saturated heterocycles. The average Bonchev–Trinajstić information content (AvgIpc) is 2.64. The van der Waals surface area contributed by atoms with E-state index in [1.54, 1.807) is 25.1 Å². The van der Waals surface area contributed by atoms with Gasteiger partial charge in [-0.15, -0.1) is 11.3 Å². The van der Waals surface area contributed by atoms with Gasteiger partial charge in [-0.05, 0) is 31.2 Å². The van der Waals surface area contributed by atoms with Gasteiger partial charge in [-0.25, -0.2) is 0 Å². The van der Waals surface area contributed by atoms with Crippen LogP contribution in [0.25, 0.3) is 0 Å². The zero-order valence-corrected chi connectivity index (χ0v) is 12.8. The molecular formula is C12H9BrCl2OS. The molecule has 1 nitrogen and oxygen atoms in total. The molecule has 1 aromatic heterocycles. The van der Waals surface area contributed by atoms with Gasteiger partial charge in [0.05, 0.1) is 4.34 Å². The maximum atomic E-state index is 10.6. The van der Waals surface area contributed by atoms with Gasteiger partial charge >= 0.3 is 0 Å². The zero-order chi connectivity index (χ0) is 12.6. The van der Waals surface area contributed by atoms with Gasteiger partial charge in [-0.1, -0.05) is 45.2 Å². The van der Waals surface area contributed by atoms with Crippen LogP contribution >= 0.6 is 50.5 Å². The van der Waals surface area contributed by atoms with Crippen molar-refractivity contribution in [3.8, 4) is 0 Å². The second kappa shape index (κ2) is 4.90. The van der Waals surface area contributed by atoms with Gasteiger partial charge in [0, 0.05) is 19.9 Å². The Morgan fingerprint density at radius 1 is 1.24 bits per heavy atom. The number of hydrogen-bond donors (Lipinski definition) is 1. The van der Waals surface area contributed by atoms with E-state index in [-0.39, 0.29) is 0 Å². The molecule has 1 heterocycles. The van der Waals surface area contributed by atoms with Crippen LogP contribution in [-0.2, 0) is 5.60 Å². The molecule has 0 spiro atoms. The van der Waals surface area contributed by atoms with E-state index in [4.69, 9.17) is 23.2 Å². The molecule has 0 fully saturated rings. The first-order valence-electron chi connectivity index (χ1n) is 4.85. The molecule has 90 valence electrons. The van der Waals surface area contributed by atoms with Crippen LogP contribution in [0.15, 0.2) is 34.8 Å². The molecule has 0 saturated carbocycles. The minimum Gasteiger partial charge on any atom is -0.380 e. The SMILES string of the molecule is CC(O)(c1ccc(Cl)s1)c1ccc(Br)cc1Cl. The van der Waals surface area contributed by atoms with Crippen LogP contribution in [-0.4, -0.2) is 5.11 Å². The number of aliphatic hydroxyl groups is 1. The predicted molar refractivity (Wildman–Crippen MR) is 77.2 cm³/mol. The molecule has 1 N–H and O–H groups in total. The van der Waals surface area contributed by atoms with E-state index in [0.717, 1.165) is 9.35 Å². The third-order valence-corrected chi connectivity index (χ3v) is 4.76. The number of hydrogen-bond acceptors (Lipinski definition) is 2. The molecular weight excluding hydrogens is 343 g/mol. The van der Waals surface area contributed by atoms with Crippen molar-refractivity contribution < 1.29 is 5.11 Å². The lowest BCUT2D eigenvalue weighted by molar-refractivity contribution is 0.106. The van der Waals surface area contributed by atoms with Crippen molar-refractivity contribution in [3.63, 3.8) is 0 Å². The van der Waals surface area contributed by atoms with Gasteiger partial charge in [0.2, 0.25) is 0 Å². The standard InChI is InChI=1S/C12H9BrCl2OS/c1-12(16,10-4-5-11(15)17-10)8-3-2-7(13)6-9(8)14/h2-6,16H,1H3. The van der Waals surface area contributed by atoms with Crippen LogP contribution in [0.1, 0.15) is 17.4 Å². The van der Waals surface area contributed by atoms with Crippen LogP contribution < -0.4 is 0 Å². The lowest BCUT2D eigenvalue weighted by Gasteiger charge is -2.23. The molecule has 2 rings (SSSR count). The number of halogens is 3. The van der Waals surface area contributed by atoms with Gasteiger partial charge in [-0.2, -0.15) is 0 Å². The first kappa shape index (κ1) is 13.4. The third kappa shape index (κ3) is 2.69. The zero-order valence-electron chi connectivity index (χ0n) is 8.88. The molecule has 2 aromatic rings. The molecule has 1 unspecified atom stereocenters. The Morgan fingerprint density at radius 2 is 1.94 bits per heavy atom. The molecule has 0 amide bonds. The fourth-order valence-corrected chi connectivity index (χ4v) is 3.55. The van der Waals surface area contributed by atoms with E-state index in [9.17, 15) is 5.11 Å². The topological polar surface area (TPSA) is 20.2 Å². The fourth-order valence-electron chi connectivity index (χ4n) is 1.59. The molecule has 0 aliphatic carbocycles. The Kier molecular flexibility index (Phi) is 3.86. The highest BCUT2D eigenvalue weighted by Crippen LogP contribution is 2.39. The summed E-state index contributed by atoms with van der Waals surface area (Å²) in [4.78, 5) is 0.770. The van der Waals surface area contributed by atoms with Gasteiger partial charge in [0.1, 0.15) is 5.60 Å². The summed E-state index contributed by atoms with van der Waals surface area (Å²) in [6.07, 6.45) is 0. The van der Waals surface area contributed by atoms with Crippen molar-refractivity contribution in [1.29, 1.82) is 0 Å². The minimum absolute atomic E-state index is 0.522. The van der Waals surface area contributed by atoms with Crippen molar-refractivity contribution in [2.24, 2.45) is 0 Å². The normalized spacial score (nSPS) is 14.6. The van der Waals surface area contributed by atoms with Crippen molar-refractivity contribution >= 4 is 50.5 Å². The Hall–Kier alpha value is -0.0600. The Bertz CT molecular complexity index is 551. The van der Waals surface area contributed by atoms with Crippen LogP contribution in [0.4, 0.5) is 0 Å². The summed E-state index contributed by atoms with van der Waals surface area (Å²) >= 11 is 16.7. The molecule has 0 aliphatic rings. The summed E-state index contributed by atoms with van der Waals surface area (Å²) in [6, 6.07) is 9.00. The maximum Gasteiger partial charge on any atom is 0.122 e. The maximum absolute atomic E-state index is 10.6. The Balaban J connectivity index is 2.51. The second-order valence-electron chi connectivity index (χ2n) is 3.80. The summed E-state index contributed by atoms with van der Waals surface area (Å²) in [5.41, 5.74) is -0.462. The van der Waals surface area contributed by atoms with Gasteiger partial charge in [0.15, 0.2) is 0 Å². The molecule has 1 aromatic carbocycles. The lowest BCUT2D eigenvalue weighted by atomic mass is 9.94. The Morgan fingerprint density at radius 3 is 2.47 bits per heavy atom. The molecule has 1 atom stereocenters. The first-order valence-corrected chi connectivity index (χ1v) is 7.21. The van der Waals surface area contributed by atoms with Crippen molar-refractivity contribution in [2.45, 2.75) is 12.5 Å². The first-order chi connectivity index (χ1) is 7.91. The smallest absolute Gasteiger partial charge is 0.122 e. The van der Waals surface area contributed by atoms with E-state index in [2.05, 4.69) is 15.9 Å². The highest BCUT2D eigenvalue weighted by Gasteiger charge is 2.29. The Labute approximate surface area is 122 Å². The van der Waals surface area contributed by atoms with Crippen molar-refractivity contribution in [1.82, 2.24) is 0 Å². The minimum atomic E-state index is -1.13. The highest BCUT2D eigenvalue weighted by atomic mass is 79.9. The van der Waals surface area contributed by atoms with Crippen LogP contribution in [0.3, 0.4) is 0 Å². The van der Waals surface area contributed by atoms with Gasteiger partial charge in [-0.3, -0.25) is 0 Å². The van der Waals surface area contributed by atoms with E-state index in [0.29, 0.717) is 14.9 Å². The molecule has 0 bridgehead atoms. The third-order valence-electron chi connectivity index (χ3n) is 2.51. The van der Waals surface area contributed by atoms with Crippen LogP contribution in [0.5, 0.6) is 0 Å². The molecule has 0 radical (unpaired) electrons. The van der Waals surface area contributed by atoms with E-state index >= 15 is 0 Å². The van der Waals surface area contributed by atoms with E-state index in [1.165, 1.54) is 11.3 Å². The van der Waals surface area contributed by atoms with Crippen LogP contribution in [0, 0.1) is 0 Å². The van der Waals surface area contributed by atoms with Gasteiger partial charge < -0.3 is 5.11 Å². The fraction of sp³-hybridized carbons (Fsp3) is 0.167. The number of thiophene rings is 1. The predicted octanol–water partition coefficient (Wildman–Crippen LogP) is 5.07. The summed E-state index contributed by atoms with van der Waals surface area (Å²) in [5, 5.41) is 11.1.